The van der Waals surface area contributed by atoms with Gasteiger partial charge in [0.1, 0.15) is 0 Å². The second-order valence-corrected chi connectivity index (χ2v) is 7.24. The van der Waals surface area contributed by atoms with E-state index in [2.05, 4.69) is 15.5 Å². The highest BCUT2D eigenvalue weighted by Crippen LogP contribution is 2.27. The number of hydrogen-bond acceptors (Lipinski definition) is 5. The van der Waals surface area contributed by atoms with Crippen molar-refractivity contribution >= 4 is 23.4 Å². The number of para-hydroxylation sites is 1. The lowest BCUT2D eigenvalue weighted by Crippen LogP contribution is -2.23. The third-order valence-electron chi connectivity index (χ3n) is 3.96. The molecule has 0 unspecified atom stereocenters. The number of hydrogen-bond donors (Lipinski definition) is 1. The molecule has 0 saturated carbocycles. The third kappa shape index (κ3) is 4.96. The van der Waals surface area contributed by atoms with Crippen LogP contribution in [0.4, 0.5) is 5.69 Å². The standard InChI is InChI=1S/C20H22N4O2S/c1-15(19(25)21-17-11-7-4-8-12-17)27-20-23-22-18(24(20)13-14-26-2)16-9-5-3-6-10-16/h3-12,15H,13-14H2,1-2H3,(H,21,25)/t15-/m0/s1. The van der Waals surface area contributed by atoms with Gasteiger partial charge in [-0.05, 0) is 19.1 Å². The summed E-state index contributed by atoms with van der Waals surface area (Å²) in [6.45, 7) is 3.01. The average molecular weight is 382 g/mol. The number of nitrogens with one attached hydrogen (secondary N) is 1. The van der Waals surface area contributed by atoms with Gasteiger partial charge < -0.3 is 10.1 Å². The van der Waals surface area contributed by atoms with Gasteiger partial charge in [-0.15, -0.1) is 10.2 Å². The van der Waals surface area contributed by atoms with Gasteiger partial charge in [-0.1, -0.05) is 60.3 Å². The highest BCUT2D eigenvalue weighted by atomic mass is 32.2. The van der Waals surface area contributed by atoms with Crippen LogP contribution in [0.1, 0.15) is 6.92 Å². The number of methoxy groups -OCH3 is 1. The molecule has 1 N–H and O–H groups in total. The first kappa shape index (κ1) is 19.1. The smallest absolute Gasteiger partial charge is 0.237 e. The second-order valence-electron chi connectivity index (χ2n) is 5.93. The molecule has 0 saturated heterocycles. The SMILES string of the molecule is COCCn1c(S[C@@H](C)C(=O)Nc2ccccc2)nnc1-c1ccccc1. The molecule has 0 spiro atoms. The molecule has 3 rings (SSSR count). The largest absolute Gasteiger partial charge is 0.383 e. The minimum absolute atomic E-state index is 0.0752. The molecule has 0 aliphatic carbocycles. The Morgan fingerprint density at radius 1 is 1.11 bits per heavy atom. The summed E-state index contributed by atoms with van der Waals surface area (Å²) in [6.07, 6.45) is 0. The van der Waals surface area contributed by atoms with Gasteiger partial charge in [-0.25, -0.2) is 0 Å². The van der Waals surface area contributed by atoms with Crippen molar-refractivity contribution in [2.45, 2.75) is 23.9 Å². The number of carbonyl (C=O) groups is 1. The number of thioether (sulfide) groups is 1. The summed E-state index contributed by atoms with van der Waals surface area (Å²) < 4.78 is 7.22. The fraction of sp³-hybridized carbons (Fsp3) is 0.250. The Morgan fingerprint density at radius 2 is 1.78 bits per heavy atom. The zero-order valence-corrected chi connectivity index (χ0v) is 16.1. The number of rotatable bonds is 8. The van der Waals surface area contributed by atoms with Gasteiger partial charge in [0.15, 0.2) is 11.0 Å². The highest BCUT2D eigenvalue weighted by Gasteiger charge is 2.20. The second kappa shape index (κ2) is 9.34. The first-order chi connectivity index (χ1) is 13.2. The van der Waals surface area contributed by atoms with Crippen molar-refractivity contribution in [1.29, 1.82) is 0 Å². The first-order valence-corrected chi connectivity index (χ1v) is 9.57. The Balaban J connectivity index is 1.77. The van der Waals surface area contributed by atoms with Gasteiger partial charge in [0.25, 0.3) is 0 Å². The van der Waals surface area contributed by atoms with E-state index in [1.807, 2.05) is 72.2 Å². The normalized spacial score (nSPS) is 11.9. The Kier molecular flexibility index (Phi) is 6.62. The maximum absolute atomic E-state index is 12.5. The van der Waals surface area contributed by atoms with Crippen LogP contribution in [0.15, 0.2) is 65.8 Å². The Hall–Kier alpha value is -2.64. The van der Waals surface area contributed by atoms with Crippen LogP contribution in [0.2, 0.25) is 0 Å². The van der Waals surface area contributed by atoms with Crippen LogP contribution in [0.25, 0.3) is 11.4 Å². The zero-order valence-electron chi connectivity index (χ0n) is 15.3. The molecule has 0 aliphatic rings. The van der Waals surface area contributed by atoms with Crippen LogP contribution in [0.3, 0.4) is 0 Å². The summed E-state index contributed by atoms with van der Waals surface area (Å²) >= 11 is 1.39. The third-order valence-corrected chi connectivity index (χ3v) is 5.04. The van der Waals surface area contributed by atoms with E-state index in [4.69, 9.17) is 4.74 Å². The molecule has 27 heavy (non-hydrogen) atoms. The number of carbonyl (C=O) groups excluding carboxylic acids is 1. The molecule has 6 nitrogen and oxygen atoms in total. The number of anilines is 1. The summed E-state index contributed by atoms with van der Waals surface area (Å²) in [5, 5.41) is 12.0. The van der Waals surface area contributed by atoms with E-state index in [1.165, 1.54) is 11.8 Å². The fourth-order valence-corrected chi connectivity index (χ4v) is 3.41. The van der Waals surface area contributed by atoms with Crippen molar-refractivity contribution in [3.8, 4) is 11.4 Å². The van der Waals surface area contributed by atoms with E-state index in [1.54, 1.807) is 7.11 Å². The molecule has 0 bridgehead atoms. The minimum Gasteiger partial charge on any atom is -0.383 e. The molecule has 2 aromatic carbocycles. The molecule has 3 aromatic rings. The molecular weight excluding hydrogens is 360 g/mol. The summed E-state index contributed by atoms with van der Waals surface area (Å²) in [5.74, 6) is 0.694. The van der Waals surface area contributed by atoms with E-state index < -0.39 is 0 Å². The van der Waals surface area contributed by atoms with Crippen LogP contribution < -0.4 is 5.32 Å². The van der Waals surface area contributed by atoms with E-state index in [0.717, 1.165) is 17.1 Å². The van der Waals surface area contributed by atoms with Crippen LogP contribution in [0, 0.1) is 0 Å². The van der Waals surface area contributed by atoms with Crippen molar-refractivity contribution in [1.82, 2.24) is 14.8 Å². The van der Waals surface area contributed by atoms with Crippen LogP contribution in [-0.4, -0.2) is 39.6 Å². The molecule has 1 aromatic heterocycles. The Bertz CT molecular complexity index is 868. The maximum atomic E-state index is 12.5. The topological polar surface area (TPSA) is 69.0 Å². The van der Waals surface area contributed by atoms with Crippen LogP contribution in [-0.2, 0) is 16.1 Å². The van der Waals surface area contributed by atoms with Crippen LogP contribution in [0.5, 0.6) is 0 Å². The highest BCUT2D eigenvalue weighted by molar-refractivity contribution is 8.00. The molecule has 1 amide bonds. The Labute approximate surface area is 163 Å². The van der Waals surface area contributed by atoms with Gasteiger partial charge in [0.05, 0.1) is 18.4 Å². The van der Waals surface area contributed by atoms with Gasteiger partial charge in [-0.2, -0.15) is 0 Å². The molecule has 140 valence electrons. The van der Waals surface area contributed by atoms with Gasteiger partial charge >= 0.3 is 0 Å². The van der Waals surface area contributed by atoms with Gasteiger partial charge in [0.2, 0.25) is 5.91 Å². The van der Waals surface area contributed by atoms with Gasteiger partial charge in [-0.3, -0.25) is 9.36 Å². The zero-order chi connectivity index (χ0) is 19.1. The van der Waals surface area contributed by atoms with Gasteiger partial charge in [0, 0.05) is 18.4 Å². The lowest BCUT2D eigenvalue weighted by molar-refractivity contribution is -0.115. The average Bonchev–Trinajstić information content (AvgIpc) is 3.10. The summed E-state index contributed by atoms with van der Waals surface area (Å²) in [4.78, 5) is 12.5. The number of ether oxygens (including phenoxy) is 1. The Morgan fingerprint density at radius 3 is 2.44 bits per heavy atom. The number of aromatic nitrogens is 3. The lowest BCUT2D eigenvalue weighted by atomic mass is 10.2. The van der Waals surface area contributed by atoms with E-state index in [-0.39, 0.29) is 11.2 Å². The summed E-state index contributed by atoms with van der Waals surface area (Å²) in [6, 6.07) is 19.3. The lowest BCUT2D eigenvalue weighted by Gasteiger charge is -2.13. The molecule has 1 atom stereocenters. The van der Waals surface area contributed by atoms with E-state index in [0.29, 0.717) is 18.3 Å². The molecular formula is C20H22N4O2S. The maximum Gasteiger partial charge on any atom is 0.237 e. The molecule has 0 radical (unpaired) electrons. The summed E-state index contributed by atoms with van der Waals surface area (Å²) in [5.41, 5.74) is 1.76. The number of nitrogens with zero attached hydrogens (tertiary/aromatic N) is 3. The monoisotopic (exact) mass is 382 g/mol. The molecule has 7 heteroatoms. The van der Waals surface area contributed by atoms with Crippen molar-refractivity contribution in [2.75, 3.05) is 19.0 Å². The van der Waals surface area contributed by atoms with E-state index in [9.17, 15) is 4.79 Å². The first-order valence-electron chi connectivity index (χ1n) is 8.69. The number of amides is 1. The van der Waals surface area contributed by atoms with Crippen molar-refractivity contribution in [3.05, 3.63) is 60.7 Å². The van der Waals surface area contributed by atoms with Crippen molar-refractivity contribution in [2.24, 2.45) is 0 Å². The van der Waals surface area contributed by atoms with Crippen molar-refractivity contribution < 1.29 is 9.53 Å². The number of benzene rings is 2. The van der Waals surface area contributed by atoms with Crippen molar-refractivity contribution in [3.63, 3.8) is 0 Å². The molecule has 0 fully saturated rings. The van der Waals surface area contributed by atoms with E-state index >= 15 is 0 Å². The fourth-order valence-electron chi connectivity index (χ4n) is 2.54. The quantitative estimate of drug-likeness (QED) is 0.602. The summed E-state index contributed by atoms with van der Waals surface area (Å²) in [7, 11) is 1.66. The molecule has 0 aliphatic heterocycles. The molecule has 1 heterocycles. The minimum atomic E-state index is -0.320. The predicted octanol–water partition coefficient (Wildman–Crippen LogP) is 3.71. The van der Waals surface area contributed by atoms with Crippen LogP contribution >= 0.6 is 11.8 Å². The predicted molar refractivity (Wildman–Crippen MR) is 108 cm³/mol.